The Bertz CT molecular complexity index is 261. The largest absolute Gasteiger partial charge is 0.469 e. The van der Waals surface area contributed by atoms with Gasteiger partial charge in [0.15, 0.2) is 5.79 Å². The summed E-state index contributed by atoms with van der Waals surface area (Å²) in [5.74, 6) is 0.219. The monoisotopic (exact) mass is 242 g/mol. The van der Waals surface area contributed by atoms with Crippen molar-refractivity contribution >= 4 is 5.97 Å². The van der Waals surface area contributed by atoms with Crippen LogP contribution in [0.15, 0.2) is 0 Å². The van der Waals surface area contributed by atoms with Crippen molar-refractivity contribution in [2.24, 2.45) is 11.8 Å². The van der Waals surface area contributed by atoms with E-state index in [1.165, 1.54) is 7.11 Å². The van der Waals surface area contributed by atoms with Crippen LogP contribution in [0.3, 0.4) is 0 Å². The number of esters is 1. The topological polar surface area (TPSA) is 44.8 Å². The maximum Gasteiger partial charge on any atom is 0.308 e. The zero-order valence-corrected chi connectivity index (χ0v) is 10.7. The first-order valence-corrected chi connectivity index (χ1v) is 6.51. The molecule has 1 aliphatic carbocycles. The van der Waals surface area contributed by atoms with Gasteiger partial charge >= 0.3 is 5.97 Å². The molecule has 0 amide bonds. The standard InChI is InChI=1S/C13H22O4/c1-10(12(14)15-2)9-11-3-5-13(6-4-11)16-7-8-17-13/h10-11H,3-9H2,1-2H3. The minimum Gasteiger partial charge on any atom is -0.469 e. The molecule has 1 heterocycles. The van der Waals surface area contributed by atoms with Crippen molar-refractivity contribution in [1.82, 2.24) is 0 Å². The molecule has 1 unspecified atom stereocenters. The normalized spacial score (nSPS) is 26.0. The van der Waals surface area contributed by atoms with Gasteiger partial charge in [-0.05, 0) is 25.2 Å². The van der Waals surface area contributed by atoms with Crippen LogP contribution in [0.4, 0.5) is 0 Å². The van der Waals surface area contributed by atoms with E-state index in [2.05, 4.69) is 0 Å². The molecular weight excluding hydrogens is 220 g/mol. The van der Waals surface area contributed by atoms with Crippen LogP contribution in [-0.2, 0) is 19.0 Å². The Kier molecular flexibility index (Phi) is 4.05. The molecule has 0 aromatic carbocycles. The van der Waals surface area contributed by atoms with Gasteiger partial charge in [-0.15, -0.1) is 0 Å². The highest BCUT2D eigenvalue weighted by Crippen LogP contribution is 2.40. The maximum atomic E-state index is 11.4. The lowest BCUT2D eigenvalue weighted by Gasteiger charge is -2.35. The van der Waals surface area contributed by atoms with Crippen molar-refractivity contribution in [3.63, 3.8) is 0 Å². The number of rotatable bonds is 3. The molecule has 17 heavy (non-hydrogen) atoms. The SMILES string of the molecule is COC(=O)C(C)CC1CCC2(CC1)OCCO2. The molecule has 4 heteroatoms. The molecule has 2 aliphatic rings. The number of ether oxygens (including phenoxy) is 3. The van der Waals surface area contributed by atoms with Gasteiger partial charge in [-0.25, -0.2) is 0 Å². The average molecular weight is 242 g/mol. The first-order valence-electron chi connectivity index (χ1n) is 6.51. The van der Waals surface area contributed by atoms with Crippen molar-refractivity contribution in [2.45, 2.75) is 44.8 Å². The average Bonchev–Trinajstić information content (AvgIpc) is 2.80. The molecule has 0 aromatic rings. The summed E-state index contributed by atoms with van der Waals surface area (Å²) >= 11 is 0. The highest BCUT2D eigenvalue weighted by atomic mass is 16.7. The van der Waals surface area contributed by atoms with Gasteiger partial charge in [-0.1, -0.05) is 6.92 Å². The van der Waals surface area contributed by atoms with E-state index >= 15 is 0 Å². The van der Waals surface area contributed by atoms with Crippen LogP contribution in [0.2, 0.25) is 0 Å². The van der Waals surface area contributed by atoms with Gasteiger partial charge in [0.2, 0.25) is 0 Å². The summed E-state index contributed by atoms with van der Waals surface area (Å²) in [6, 6.07) is 0. The molecule has 2 rings (SSSR count). The Morgan fingerprint density at radius 1 is 1.35 bits per heavy atom. The van der Waals surface area contributed by atoms with Crippen LogP contribution in [0.5, 0.6) is 0 Å². The van der Waals surface area contributed by atoms with Gasteiger partial charge in [0.1, 0.15) is 0 Å². The predicted molar refractivity (Wildman–Crippen MR) is 62.4 cm³/mol. The smallest absolute Gasteiger partial charge is 0.308 e. The summed E-state index contributed by atoms with van der Waals surface area (Å²) in [7, 11) is 1.45. The summed E-state index contributed by atoms with van der Waals surface area (Å²) in [5.41, 5.74) is 0. The summed E-state index contributed by atoms with van der Waals surface area (Å²) < 4.78 is 16.1. The second-order valence-electron chi connectivity index (χ2n) is 5.21. The third-order valence-electron chi connectivity index (χ3n) is 3.97. The Labute approximate surface area is 103 Å². The van der Waals surface area contributed by atoms with Crippen LogP contribution in [0.1, 0.15) is 39.0 Å². The van der Waals surface area contributed by atoms with E-state index in [9.17, 15) is 4.79 Å². The second-order valence-corrected chi connectivity index (χ2v) is 5.21. The van der Waals surface area contributed by atoms with E-state index in [-0.39, 0.29) is 17.7 Å². The van der Waals surface area contributed by atoms with Gasteiger partial charge in [0.25, 0.3) is 0 Å². The fourth-order valence-electron chi connectivity index (χ4n) is 2.94. The minimum absolute atomic E-state index is 0.00413. The van der Waals surface area contributed by atoms with E-state index in [1.807, 2.05) is 6.92 Å². The highest BCUT2D eigenvalue weighted by Gasteiger charge is 2.40. The summed E-state index contributed by atoms with van der Waals surface area (Å²) in [5, 5.41) is 0. The third kappa shape index (κ3) is 2.99. The highest BCUT2D eigenvalue weighted by molar-refractivity contribution is 5.71. The maximum absolute atomic E-state index is 11.4. The lowest BCUT2D eigenvalue weighted by Crippen LogP contribution is -2.35. The minimum atomic E-state index is -0.287. The molecule has 0 radical (unpaired) electrons. The Balaban J connectivity index is 1.77. The number of hydrogen-bond donors (Lipinski definition) is 0. The van der Waals surface area contributed by atoms with Crippen LogP contribution < -0.4 is 0 Å². The molecule has 1 atom stereocenters. The third-order valence-corrected chi connectivity index (χ3v) is 3.97. The summed E-state index contributed by atoms with van der Waals surface area (Å²) in [6.45, 7) is 3.39. The summed E-state index contributed by atoms with van der Waals surface area (Å²) in [6.07, 6.45) is 5.02. The fourth-order valence-corrected chi connectivity index (χ4v) is 2.94. The lowest BCUT2D eigenvalue weighted by atomic mass is 9.80. The van der Waals surface area contributed by atoms with Crippen molar-refractivity contribution in [3.8, 4) is 0 Å². The van der Waals surface area contributed by atoms with Gasteiger partial charge in [0, 0.05) is 12.8 Å². The Morgan fingerprint density at radius 3 is 2.47 bits per heavy atom. The van der Waals surface area contributed by atoms with Gasteiger partial charge in [-0.2, -0.15) is 0 Å². The molecule has 0 aromatic heterocycles. The Hall–Kier alpha value is -0.610. The molecule has 98 valence electrons. The van der Waals surface area contributed by atoms with Crippen molar-refractivity contribution in [1.29, 1.82) is 0 Å². The number of methoxy groups -OCH3 is 1. The molecular formula is C13H22O4. The van der Waals surface area contributed by atoms with Crippen molar-refractivity contribution in [3.05, 3.63) is 0 Å². The quantitative estimate of drug-likeness (QED) is 0.711. The molecule has 4 nitrogen and oxygen atoms in total. The zero-order chi connectivity index (χ0) is 12.3. The predicted octanol–water partition coefficient (Wildman–Crippen LogP) is 2.12. The van der Waals surface area contributed by atoms with E-state index in [1.54, 1.807) is 0 Å². The molecule has 1 saturated heterocycles. The fraction of sp³-hybridized carbons (Fsp3) is 0.923. The first-order chi connectivity index (χ1) is 8.15. The lowest BCUT2D eigenvalue weighted by molar-refractivity contribution is -0.183. The van der Waals surface area contributed by atoms with Crippen LogP contribution in [0, 0.1) is 11.8 Å². The van der Waals surface area contributed by atoms with Crippen LogP contribution >= 0.6 is 0 Å². The van der Waals surface area contributed by atoms with Crippen molar-refractivity contribution in [2.75, 3.05) is 20.3 Å². The van der Waals surface area contributed by atoms with Gasteiger partial charge in [-0.3, -0.25) is 4.79 Å². The number of carbonyl (C=O) groups is 1. The molecule has 1 spiro atoms. The molecule has 2 fully saturated rings. The van der Waals surface area contributed by atoms with E-state index in [4.69, 9.17) is 14.2 Å². The molecule has 1 aliphatic heterocycles. The van der Waals surface area contributed by atoms with Crippen molar-refractivity contribution < 1.29 is 19.0 Å². The van der Waals surface area contributed by atoms with E-state index < -0.39 is 0 Å². The number of carbonyl (C=O) groups excluding carboxylic acids is 1. The van der Waals surface area contributed by atoms with E-state index in [0.29, 0.717) is 5.92 Å². The van der Waals surface area contributed by atoms with Crippen LogP contribution in [0.25, 0.3) is 0 Å². The molecule has 0 bridgehead atoms. The van der Waals surface area contributed by atoms with Gasteiger partial charge in [0.05, 0.1) is 26.2 Å². The van der Waals surface area contributed by atoms with Gasteiger partial charge < -0.3 is 14.2 Å². The van der Waals surface area contributed by atoms with E-state index in [0.717, 1.165) is 45.3 Å². The van der Waals surface area contributed by atoms with Crippen LogP contribution in [-0.4, -0.2) is 32.1 Å². The first kappa shape index (κ1) is 12.8. The molecule has 1 saturated carbocycles. The zero-order valence-electron chi connectivity index (χ0n) is 10.7. The second kappa shape index (κ2) is 5.36. The number of hydrogen-bond acceptors (Lipinski definition) is 4. The molecule has 0 N–H and O–H groups in total. The summed E-state index contributed by atoms with van der Waals surface area (Å²) in [4.78, 5) is 11.4. The Morgan fingerprint density at radius 2 is 1.94 bits per heavy atom.